The van der Waals surface area contributed by atoms with Gasteiger partial charge >= 0.3 is 5.69 Å². The molecule has 2 aromatic carbocycles. The fourth-order valence-electron chi connectivity index (χ4n) is 1.52. The van der Waals surface area contributed by atoms with Crippen LogP contribution in [-0.2, 0) is 0 Å². The lowest BCUT2D eigenvalue weighted by Crippen LogP contribution is -1.95. The number of rotatable bonds is 4. The second-order valence-corrected chi connectivity index (χ2v) is 4.96. The minimum Gasteiger partial charge on any atom is -0.449 e. The molecular formula is C13H7BrClNO4. The third kappa shape index (κ3) is 2.97. The fraction of sp³-hybridized carbons (Fsp3) is 0. The summed E-state index contributed by atoms with van der Waals surface area (Å²) < 4.78 is 5.97. The van der Waals surface area contributed by atoms with Gasteiger partial charge in [-0.15, -0.1) is 0 Å². The van der Waals surface area contributed by atoms with Crippen molar-refractivity contribution in [2.24, 2.45) is 0 Å². The summed E-state index contributed by atoms with van der Waals surface area (Å²) in [5.41, 5.74) is 0.0474. The van der Waals surface area contributed by atoms with Crippen LogP contribution in [0.15, 0.2) is 40.9 Å². The molecule has 0 bridgehead atoms. The Morgan fingerprint density at radius 3 is 2.65 bits per heavy atom. The van der Waals surface area contributed by atoms with E-state index in [0.29, 0.717) is 21.5 Å². The summed E-state index contributed by atoms with van der Waals surface area (Å²) >= 11 is 9.16. The molecule has 0 heterocycles. The molecule has 0 aliphatic carbocycles. The Labute approximate surface area is 127 Å². The van der Waals surface area contributed by atoms with E-state index in [4.69, 9.17) is 16.3 Å². The standard InChI is InChI=1S/C13H7BrClNO4/c14-13-9(15)2-1-3-11(13)20-12-6-8(7-17)4-5-10(12)16(18)19/h1-7H. The molecular weight excluding hydrogens is 350 g/mol. The second-order valence-electron chi connectivity index (χ2n) is 3.76. The van der Waals surface area contributed by atoms with Gasteiger partial charge in [0.15, 0.2) is 0 Å². The Kier molecular flexibility index (Phi) is 4.36. The van der Waals surface area contributed by atoms with Crippen molar-refractivity contribution < 1.29 is 14.5 Å². The van der Waals surface area contributed by atoms with E-state index in [1.165, 1.54) is 18.2 Å². The normalized spacial score (nSPS) is 10.1. The van der Waals surface area contributed by atoms with Crippen LogP contribution in [0.2, 0.25) is 5.02 Å². The molecule has 0 aliphatic rings. The van der Waals surface area contributed by atoms with Gasteiger partial charge in [-0.2, -0.15) is 0 Å². The maximum absolute atomic E-state index is 11.0. The second kappa shape index (κ2) is 6.02. The molecule has 102 valence electrons. The van der Waals surface area contributed by atoms with Crippen LogP contribution < -0.4 is 4.74 Å². The number of nitrogens with zero attached hydrogens (tertiary/aromatic N) is 1. The first-order valence-corrected chi connectivity index (χ1v) is 6.55. The summed E-state index contributed by atoms with van der Waals surface area (Å²) in [5.74, 6) is 0.297. The van der Waals surface area contributed by atoms with E-state index in [1.807, 2.05) is 0 Å². The van der Waals surface area contributed by atoms with E-state index in [2.05, 4.69) is 15.9 Å². The van der Waals surface area contributed by atoms with Gasteiger partial charge in [0.25, 0.3) is 0 Å². The zero-order chi connectivity index (χ0) is 14.7. The number of carbonyl (C=O) groups excluding carboxylic acids is 1. The fourth-order valence-corrected chi connectivity index (χ4v) is 2.03. The highest BCUT2D eigenvalue weighted by Crippen LogP contribution is 2.38. The van der Waals surface area contributed by atoms with E-state index < -0.39 is 4.92 Å². The van der Waals surface area contributed by atoms with Crippen LogP contribution in [0.4, 0.5) is 5.69 Å². The molecule has 0 saturated heterocycles. The first kappa shape index (κ1) is 14.5. The quantitative estimate of drug-likeness (QED) is 0.455. The zero-order valence-electron chi connectivity index (χ0n) is 9.88. The number of benzene rings is 2. The van der Waals surface area contributed by atoms with Gasteiger partial charge in [-0.3, -0.25) is 14.9 Å². The van der Waals surface area contributed by atoms with Crippen LogP contribution in [0.3, 0.4) is 0 Å². The first-order valence-electron chi connectivity index (χ1n) is 5.38. The number of halogens is 2. The van der Waals surface area contributed by atoms with Crippen molar-refractivity contribution in [2.45, 2.75) is 0 Å². The maximum Gasteiger partial charge on any atom is 0.311 e. The molecule has 0 atom stereocenters. The minimum absolute atomic E-state index is 0.0254. The Morgan fingerprint density at radius 1 is 1.25 bits per heavy atom. The molecule has 0 N–H and O–H groups in total. The number of aldehydes is 1. The van der Waals surface area contributed by atoms with E-state index in [1.54, 1.807) is 18.2 Å². The highest BCUT2D eigenvalue weighted by atomic mass is 79.9. The maximum atomic E-state index is 11.0. The number of ether oxygens (including phenoxy) is 1. The average Bonchev–Trinajstić information content (AvgIpc) is 2.43. The van der Waals surface area contributed by atoms with Gasteiger partial charge in [0.05, 0.1) is 14.4 Å². The minimum atomic E-state index is -0.581. The summed E-state index contributed by atoms with van der Waals surface area (Å²) in [5, 5.41) is 11.4. The predicted molar refractivity (Wildman–Crippen MR) is 77.7 cm³/mol. The molecule has 20 heavy (non-hydrogen) atoms. The average molecular weight is 357 g/mol. The molecule has 0 amide bonds. The lowest BCUT2D eigenvalue weighted by molar-refractivity contribution is -0.385. The van der Waals surface area contributed by atoms with Crippen molar-refractivity contribution in [3.8, 4) is 11.5 Å². The molecule has 0 spiro atoms. The van der Waals surface area contributed by atoms with Crippen LogP contribution in [0, 0.1) is 10.1 Å². The van der Waals surface area contributed by atoms with Gasteiger partial charge in [-0.1, -0.05) is 17.7 Å². The highest BCUT2D eigenvalue weighted by molar-refractivity contribution is 9.10. The van der Waals surface area contributed by atoms with Crippen LogP contribution in [0.5, 0.6) is 11.5 Å². The van der Waals surface area contributed by atoms with Crippen molar-refractivity contribution in [1.29, 1.82) is 0 Å². The Bertz CT molecular complexity index is 690. The van der Waals surface area contributed by atoms with E-state index in [9.17, 15) is 14.9 Å². The van der Waals surface area contributed by atoms with Gasteiger partial charge in [0.1, 0.15) is 12.0 Å². The van der Waals surface area contributed by atoms with Crippen LogP contribution in [0.25, 0.3) is 0 Å². The molecule has 0 fully saturated rings. The van der Waals surface area contributed by atoms with Crippen molar-refractivity contribution >= 4 is 39.5 Å². The molecule has 0 saturated carbocycles. The van der Waals surface area contributed by atoms with E-state index in [0.717, 1.165) is 0 Å². The summed E-state index contributed by atoms with van der Waals surface area (Å²) in [6.07, 6.45) is 0.587. The summed E-state index contributed by atoms with van der Waals surface area (Å²) in [4.78, 5) is 21.1. The Balaban J connectivity index is 2.48. The predicted octanol–water partition coefficient (Wildman–Crippen LogP) is 4.62. The number of hydrogen-bond donors (Lipinski definition) is 0. The topological polar surface area (TPSA) is 69.4 Å². The van der Waals surface area contributed by atoms with Gasteiger partial charge in [0.2, 0.25) is 5.75 Å². The van der Waals surface area contributed by atoms with Gasteiger partial charge in [0, 0.05) is 11.6 Å². The first-order chi connectivity index (χ1) is 9.52. The zero-order valence-corrected chi connectivity index (χ0v) is 12.2. The Hall–Kier alpha value is -1.92. The summed E-state index contributed by atoms with van der Waals surface area (Å²) in [6, 6.07) is 8.78. The molecule has 0 radical (unpaired) electrons. The number of hydrogen-bond acceptors (Lipinski definition) is 4. The molecule has 0 aliphatic heterocycles. The number of carbonyl (C=O) groups is 1. The molecule has 7 heteroatoms. The van der Waals surface area contributed by atoms with E-state index >= 15 is 0 Å². The largest absolute Gasteiger partial charge is 0.449 e. The van der Waals surface area contributed by atoms with Crippen LogP contribution in [0.1, 0.15) is 10.4 Å². The smallest absolute Gasteiger partial charge is 0.311 e. The summed E-state index contributed by atoms with van der Waals surface area (Å²) in [7, 11) is 0. The van der Waals surface area contributed by atoms with Gasteiger partial charge in [-0.05, 0) is 40.2 Å². The molecule has 2 rings (SSSR count). The van der Waals surface area contributed by atoms with Crippen molar-refractivity contribution in [1.82, 2.24) is 0 Å². The Morgan fingerprint density at radius 2 is 2.00 bits per heavy atom. The van der Waals surface area contributed by atoms with Crippen LogP contribution in [-0.4, -0.2) is 11.2 Å². The molecule has 0 aromatic heterocycles. The van der Waals surface area contributed by atoms with Crippen LogP contribution >= 0.6 is 27.5 Å². The van der Waals surface area contributed by atoms with Crippen molar-refractivity contribution in [3.05, 3.63) is 61.6 Å². The lowest BCUT2D eigenvalue weighted by atomic mass is 10.2. The summed E-state index contributed by atoms with van der Waals surface area (Å²) in [6.45, 7) is 0. The third-order valence-electron chi connectivity index (χ3n) is 2.45. The number of nitro benzene ring substituents is 1. The highest BCUT2D eigenvalue weighted by Gasteiger charge is 2.18. The monoisotopic (exact) mass is 355 g/mol. The van der Waals surface area contributed by atoms with Gasteiger partial charge < -0.3 is 4.74 Å². The number of nitro groups is 1. The molecule has 2 aromatic rings. The third-order valence-corrected chi connectivity index (χ3v) is 3.81. The van der Waals surface area contributed by atoms with Crippen molar-refractivity contribution in [2.75, 3.05) is 0 Å². The SMILES string of the molecule is O=Cc1ccc([N+](=O)[O-])c(Oc2cccc(Cl)c2Br)c1. The van der Waals surface area contributed by atoms with E-state index in [-0.39, 0.29) is 17.0 Å². The molecule has 5 nitrogen and oxygen atoms in total. The van der Waals surface area contributed by atoms with Gasteiger partial charge in [-0.25, -0.2) is 0 Å². The lowest BCUT2D eigenvalue weighted by Gasteiger charge is -2.09. The molecule has 0 unspecified atom stereocenters. The van der Waals surface area contributed by atoms with Crippen molar-refractivity contribution in [3.63, 3.8) is 0 Å².